The number of allylic oxidation sites excluding steroid dienone is 2. The highest BCUT2D eigenvalue weighted by atomic mass is 16.2. The molecule has 5 rings (SSSR count). The van der Waals surface area contributed by atoms with Crippen molar-refractivity contribution in [3.8, 4) is 6.07 Å². The van der Waals surface area contributed by atoms with Crippen molar-refractivity contribution in [3.05, 3.63) is 83.2 Å². The van der Waals surface area contributed by atoms with E-state index in [-0.39, 0.29) is 23.3 Å². The Kier molecular flexibility index (Phi) is 7.41. The van der Waals surface area contributed by atoms with Crippen LogP contribution in [0.2, 0.25) is 0 Å². The number of rotatable bonds is 6. The number of pyridine rings is 1. The number of nitriles is 1. The molecule has 8 heteroatoms. The third-order valence-corrected chi connectivity index (χ3v) is 7.22. The normalized spacial score (nSPS) is 16.1. The van der Waals surface area contributed by atoms with Crippen LogP contribution in [-0.2, 0) is 11.2 Å². The average molecular weight is 495 g/mol. The van der Waals surface area contributed by atoms with E-state index in [0.717, 1.165) is 62.1 Å². The summed E-state index contributed by atoms with van der Waals surface area (Å²) in [6.45, 7) is 1.46. The molecule has 1 aliphatic heterocycles. The van der Waals surface area contributed by atoms with Gasteiger partial charge in [0.05, 0.1) is 12.6 Å². The number of amides is 2. The Hall–Kier alpha value is -4.25. The van der Waals surface area contributed by atoms with Crippen LogP contribution in [0.1, 0.15) is 77.6 Å². The Morgan fingerprint density at radius 1 is 1.14 bits per heavy atom. The molecule has 1 aromatic carbocycles. The predicted molar refractivity (Wildman–Crippen MR) is 141 cm³/mol. The third kappa shape index (κ3) is 5.78. The van der Waals surface area contributed by atoms with Gasteiger partial charge in [-0.25, -0.2) is 4.98 Å². The van der Waals surface area contributed by atoms with Gasteiger partial charge in [0.2, 0.25) is 5.91 Å². The molecule has 0 saturated carbocycles. The second kappa shape index (κ2) is 11.2. The van der Waals surface area contributed by atoms with Crippen LogP contribution in [0.4, 0.5) is 5.69 Å². The molecule has 2 aromatic heterocycles. The molecule has 188 valence electrons. The van der Waals surface area contributed by atoms with Crippen molar-refractivity contribution < 1.29 is 9.59 Å². The fraction of sp³-hybridized carbons (Fsp3) is 0.345. The van der Waals surface area contributed by atoms with Crippen molar-refractivity contribution >= 4 is 23.1 Å². The SMILES string of the molecule is N#Cc1cnc(C(=O)Nc2ccc(C3CCN(C(=O)Cc4ccccn4)CC3)cc2C2=CCCCC2)[nH]1. The summed E-state index contributed by atoms with van der Waals surface area (Å²) in [6, 6.07) is 13.9. The number of aromatic nitrogens is 3. The molecule has 0 unspecified atom stereocenters. The zero-order valence-electron chi connectivity index (χ0n) is 20.7. The largest absolute Gasteiger partial charge is 0.342 e. The topological polar surface area (TPSA) is 115 Å². The molecule has 2 N–H and O–H groups in total. The van der Waals surface area contributed by atoms with Crippen LogP contribution in [0.3, 0.4) is 0 Å². The van der Waals surface area contributed by atoms with Gasteiger partial charge < -0.3 is 15.2 Å². The number of carbonyl (C=O) groups excluding carboxylic acids is 2. The van der Waals surface area contributed by atoms with E-state index in [1.807, 2.05) is 35.2 Å². The van der Waals surface area contributed by atoms with Crippen LogP contribution in [0.25, 0.3) is 5.57 Å². The van der Waals surface area contributed by atoms with Gasteiger partial charge in [0.15, 0.2) is 5.82 Å². The van der Waals surface area contributed by atoms with E-state index in [1.165, 1.54) is 23.8 Å². The number of H-pyrrole nitrogens is 1. The first-order chi connectivity index (χ1) is 18.1. The van der Waals surface area contributed by atoms with Crippen LogP contribution >= 0.6 is 0 Å². The molecule has 1 aliphatic carbocycles. The first-order valence-electron chi connectivity index (χ1n) is 12.9. The fourth-order valence-corrected chi connectivity index (χ4v) is 5.18. The average Bonchev–Trinajstić information content (AvgIpc) is 3.44. The van der Waals surface area contributed by atoms with Gasteiger partial charge in [-0.1, -0.05) is 18.2 Å². The van der Waals surface area contributed by atoms with Crippen molar-refractivity contribution in [3.63, 3.8) is 0 Å². The van der Waals surface area contributed by atoms with Crippen molar-refractivity contribution in [1.29, 1.82) is 5.26 Å². The van der Waals surface area contributed by atoms with Crippen LogP contribution in [-0.4, -0.2) is 44.8 Å². The Morgan fingerprint density at radius 3 is 2.70 bits per heavy atom. The zero-order chi connectivity index (χ0) is 25.6. The molecule has 1 fully saturated rings. The van der Waals surface area contributed by atoms with Gasteiger partial charge >= 0.3 is 0 Å². The number of aromatic amines is 1. The predicted octanol–water partition coefficient (Wildman–Crippen LogP) is 4.83. The number of hydrogen-bond donors (Lipinski definition) is 2. The van der Waals surface area contributed by atoms with Gasteiger partial charge in [-0.3, -0.25) is 14.6 Å². The minimum absolute atomic E-state index is 0.118. The van der Waals surface area contributed by atoms with Gasteiger partial charge in [-0.15, -0.1) is 0 Å². The first kappa shape index (κ1) is 24.4. The van der Waals surface area contributed by atoms with Crippen molar-refractivity contribution in [1.82, 2.24) is 19.9 Å². The monoisotopic (exact) mass is 494 g/mol. The van der Waals surface area contributed by atoms with Gasteiger partial charge in [0.1, 0.15) is 11.8 Å². The molecule has 2 amide bonds. The number of benzene rings is 1. The van der Waals surface area contributed by atoms with Crippen molar-refractivity contribution in [2.45, 2.75) is 50.9 Å². The van der Waals surface area contributed by atoms with E-state index < -0.39 is 0 Å². The van der Waals surface area contributed by atoms with E-state index in [2.05, 4.69) is 38.5 Å². The maximum absolute atomic E-state index is 12.8. The van der Waals surface area contributed by atoms with Crippen LogP contribution in [0.5, 0.6) is 0 Å². The molecule has 8 nitrogen and oxygen atoms in total. The summed E-state index contributed by atoms with van der Waals surface area (Å²) >= 11 is 0. The summed E-state index contributed by atoms with van der Waals surface area (Å²) in [4.78, 5) is 38.6. The minimum Gasteiger partial charge on any atom is -0.342 e. The second-order valence-corrected chi connectivity index (χ2v) is 9.64. The van der Waals surface area contributed by atoms with Gasteiger partial charge in [-0.2, -0.15) is 5.26 Å². The van der Waals surface area contributed by atoms with Crippen molar-refractivity contribution in [2.75, 3.05) is 18.4 Å². The molecule has 1 saturated heterocycles. The summed E-state index contributed by atoms with van der Waals surface area (Å²) in [5, 5.41) is 12.0. The van der Waals surface area contributed by atoms with Gasteiger partial charge in [0, 0.05) is 36.2 Å². The minimum atomic E-state index is -0.369. The molecule has 3 aromatic rings. The summed E-state index contributed by atoms with van der Waals surface area (Å²) in [5.41, 5.74) is 5.34. The molecule has 3 heterocycles. The van der Waals surface area contributed by atoms with Crippen LogP contribution in [0.15, 0.2) is 54.9 Å². The van der Waals surface area contributed by atoms with Gasteiger partial charge in [-0.05, 0) is 79.8 Å². The lowest BCUT2D eigenvalue weighted by molar-refractivity contribution is -0.131. The molecule has 0 atom stereocenters. The number of hydrogen-bond acceptors (Lipinski definition) is 5. The lowest BCUT2D eigenvalue weighted by Crippen LogP contribution is -2.38. The van der Waals surface area contributed by atoms with Gasteiger partial charge in [0.25, 0.3) is 5.91 Å². The number of anilines is 1. The first-order valence-corrected chi connectivity index (χ1v) is 12.9. The number of carbonyl (C=O) groups is 2. The van der Waals surface area contributed by atoms with E-state index in [1.54, 1.807) is 6.20 Å². The smallest absolute Gasteiger partial charge is 0.291 e. The Morgan fingerprint density at radius 2 is 2.00 bits per heavy atom. The summed E-state index contributed by atoms with van der Waals surface area (Å²) in [7, 11) is 0. The number of likely N-dealkylation sites (tertiary alicyclic amines) is 1. The molecule has 2 aliphatic rings. The van der Waals surface area contributed by atoms with E-state index in [9.17, 15) is 9.59 Å². The fourth-order valence-electron chi connectivity index (χ4n) is 5.18. The second-order valence-electron chi connectivity index (χ2n) is 9.64. The summed E-state index contributed by atoms with van der Waals surface area (Å²) < 4.78 is 0. The summed E-state index contributed by atoms with van der Waals surface area (Å²) in [5.74, 6) is 0.231. The Bertz CT molecular complexity index is 1350. The molecule has 0 radical (unpaired) electrons. The van der Waals surface area contributed by atoms with Crippen LogP contribution < -0.4 is 5.32 Å². The summed E-state index contributed by atoms with van der Waals surface area (Å²) in [6.07, 6.45) is 11.8. The van der Waals surface area contributed by atoms with E-state index in [4.69, 9.17) is 5.26 Å². The van der Waals surface area contributed by atoms with E-state index >= 15 is 0 Å². The third-order valence-electron chi connectivity index (χ3n) is 7.22. The molecule has 0 bridgehead atoms. The Balaban J connectivity index is 1.30. The Labute approximate surface area is 216 Å². The lowest BCUT2D eigenvalue weighted by Gasteiger charge is -2.32. The number of nitrogens with zero attached hydrogens (tertiary/aromatic N) is 4. The van der Waals surface area contributed by atoms with E-state index in [0.29, 0.717) is 12.3 Å². The van der Waals surface area contributed by atoms with Crippen LogP contribution in [0, 0.1) is 11.3 Å². The quantitative estimate of drug-likeness (QED) is 0.509. The highest BCUT2D eigenvalue weighted by molar-refractivity contribution is 6.03. The standard InChI is InChI=1S/C29H30N6O2/c30-18-24-19-32-28(33-24)29(37)34-26-10-9-22(16-25(26)21-6-2-1-3-7-21)20-11-14-35(15-12-20)27(36)17-23-8-4-5-13-31-23/h4-6,8-10,13,16,19-20H,1-3,7,11-12,14-15,17H2,(H,32,33)(H,34,37). The zero-order valence-corrected chi connectivity index (χ0v) is 20.7. The number of imidazole rings is 1. The molecular weight excluding hydrogens is 464 g/mol. The molecule has 0 spiro atoms. The van der Waals surface area contributed by atoms with Crippen molar-refractivity contribution in [2.24, 2.45) is 0 Å². The number of piperidine rings is 1. The maximum Gasteiger partial charge on any atom is 0.291 e. The molecular formula is C29H30N6O2. The number of nitrogens with one attached hydrogen (secondary N) is 2. The maximum atomic E-state index is 12.8. The lowest BCUT2D eigenvalue weighted by atomic mass is 9.85. The highest BCUT2D eigenvalue weighted by Crippen LogP contribution is 2.36. The molecule has 37 heavy (non-hydrogen) atoms. The highest BCUT2D eigenvalue weighted by Gasteiger charge is 2.25.